The van der Waals surface area contributed by atoms with Gasteiger partial charge in [-0.25, -0.2) is 0 Å². The fourth-order valence-electron chi connectivity index (χ4n) is 1.97. The summed E-state index contributed by atoms with van der Waals surface area (Å²) in [5.41, 5.74) is 0.584. The summed E-state index contributed by atoms with van der Waals surface area (Å²) < 4.78 is 4.63. The van der Waals surface area contributed by atoms with Gasteiger partial charge in [-0.3, -0.25) is 9.59 Å². The average molecular weight is 312 g/mol. The molecule has 0 saturated heterocycles. The molecule has 0 aromatic heterocycles. The molecular weight excluding hydrogens is 290 g/mol. The summed E-state index contributed by atoms with van der Waals surface area (Å²) in [5, 5.41) is 0.596. The molecule has 0 unspecified atom stereocenters. The summed E-state index contributed by atoms with van der Waals surface area (Å²) in [6, 6.07) is 6.80. The van der Waals surface area contributed by atoms with Crippen LogP contribution in [-0.2, 0) is 9.53 Å². The molecule has 0 bridgehead atoms. The number of carbonyl (C=O) groups excluding carboxylic acids is 2. The second kappa shape index (κ2) is 9.40. The molecule has 1 rings (SSSR count). The van der Waals surface area contributed by atoms with Crippen LogP contribution in [0.25, 0.3) is 0 Å². The number of nitrogens with zero attached hydrogens (tertiary/aromatic N) is 1. The highest BCUT2D eigenvalue weighted by molar-refractivity contribution is 6.30. The minimum Gasteiger partial charge on any atom is -0.469 e. The first-order chi connectivity index (χ1) is 10.1. The van der Waals surface area contributed by atoms with Crippen molar-refractivity contribution in [3.63, 3.8) is 0 Å². The number of carbonyl (C=O) groups is 2. The Morgan fingerprint density at radius 3 is 2.38 bits per heavy atom. The molecule has 0 N–H and O–H groups in total. The maximum absolute atomic E-state index is 12.5. The van der Waals surface area contributed by atoms with Crippen LogP contribution in [0.2, 0.25) is 5.02 Å². The van der Waals surface area contributed by atoms with Gasteiger partial charge in [-0.2, -0.15) is 0 Å². The van der Waals surface area contributed by atoms with E-state index in [0.29, 0.717) is 23.7 Å². The average Bonchev–Trinajstić information content (AvgIpc) is 2.50. The molecule has 0 spiro atoms. The summed E-state index contributed by atoms with van der Waals surface area (Å²) in [6.07, 6.45) is 3.28. The standard InChI is InChI=1S/C16H22ClNO3/c1-3-4-5-11-18(12-10-15(19)21-2)16(20)13-6-8-14(17)9-7-13/h6-9H,3-5,10-12H2,1-2H3. The van der Waals surface area contributed by atoms with Crippen LogP contribution >= 0.6 is 11.6 Å². The van der Waals surface area contributed by atoms with E-state index in [1.165, 1.54) is 7.11 Å². The number of halogens is 1. The third kappa shape index (κ3) is 6.17. The van der Waals surface area contributed by atoms with E-state index < -0.39 is 0 Å². The van der Waals surface area contributed by atoms with Gasteiger partial charge in [-0.1, -0.05) is 31.4 Å². The van der Waals surface area contributed by atoms with Crippen LogP contribution in [0.4, 0.5) is 0 Å². The first-order valence-corrected chi connectivity index (χ1v) is 7.58. The van der Waals surface area contributed by atoms with Crippen molar-refractivity contribution in [2.75, 3.05) is 20.2 Å². The maximum atomic E-state index is 12.5. The maximum Gasteiger partial charge on any atom is 0.307 e. The van der Waals surface area contributed by atoms with Gasteiger partial charge >= 0.3 is 5.97 Å². The number of benzene rings is 1. The number of ether oxygens (including phenoxy) is 1. The van der Waals surface area contributed by atoms with Gasteiger partial charge in [0.15, 0.2) is 0 Å². The molecule has 0 radical (unpaired) electrons. The topological polar surface area (TPSA) is 46.6 Å². The molecule has 0 aliphatic carbocycles. The fourth-order valence-corrected chi connectivity index (χ4v) is 2.10. The Kier molecular flexibility index (Phi) is 7.83. The van der Waals surface area contributed by atoms with Crippen LogP contribution in [0.15, 0.2) is 24.3 Å². The molecule has 21 heavy (non-hydrogen) atoms. The monoisotopic (exact) mass is 311 g/mol. The fraction of sp³-hybridized carbons (Fsp3) is 0.500. The molecule has 116 valence electrons. The smallest absolute Gasteiger partial charge is 0.307 e. The van der Waals surface area contributed by atoms with Gasteiger partial charge in [0.2, 0.25) is 0 Å². The molecule has 0 aliphatic rings. The van der Waals surface area contributed by atoms with E-state index in [9.17, 15) is 9.59 Å². The molecular formula is C16H22ClNO3. The lowest BCUT2D eigenvalue weighted by atomic mass is 10.1. The Labute approximate surface area is 131 Å². The van der Waals surface area contributed by atoms with Crippen molar-refractivity contribution < 1.29 is 14.3 Å². The van der Waals surface area contributed by atoms with Gasteiger partial charge < -0.3 is 9.64 Å². The zero-order chi connectivity index (χ0) is 15.7. The van der Waals surface area contributed by atoms with Crippen LogP contribution in [0, 0.1) is 0 Å². The lowest BCUT2D eigenvalue weighted by Gasteiger charge is -2.22. The highest BCUT2D eigenvalue weighted by atomic mass is 35.5. The second-order valence-electron chi connectivity index (χ2n) is 4.83. The number of esters is 1. The first kappa shape index (κ1) is 17.5. The molecule has 5 heteroatoms. The quantitative estimate of drug-likeness (QED) is 0.545. The molecule has 0 heterocycles. The Morgan fingerprint density at radius 1 is 1.14 bits per heavy atom. The lowest BCUT2D eigenvalue weighted by Crippen LogP contribution is -2.34. The van der Waals surface area contributed by atoms with Crippen molar-refractivity contribution in [2.45, 2.75) is 32.6 Å². The number of methoxy groups -OCH3 is 1. The summed E-state index contributed by atoms with van der Waals surface area (Å²) in [4.78, 5) is 25.5. The molecule has 4 nitrogen and oxygen atoms in total. The van der Waals surface area contributed by atoms with Crippen LogP contribution < -0.4 is 0 Å². The lowest BCUT2D eigenvalue weighted by molar-refractivity contribution is -0.140. The van der Waals surface area contributed by atoms with Gasteiger partial charge in [-0.05, 0) is 30.7 Å². The predicted octanol–water partition coefficient (Wildman–Crippen LogP) is 3.54. The molecule has 0 saturated carbocycles. The van der Waals surface area contributed by atoms with Crippen molar-refractivity contribution in [1.29, 1.82) is 0 Å². The van der Waals surface area contributed by atoms with E-state index in [4.69, 9.17) is 11.6 Å². The highest BCUT2D eigenvalue weighted by Gasteiger charge is 2.16. The van der Waals surface area contributed by atoms with E-state index in [2.05, 4.69) is 11.7 Å². The van der Waals surface area contributed by atoms with Crippen LogP contribution in [0.3, 0.4) is 0 Å². The normalized spacial score (nSPS) is 10.2. The van der Waals surface area contributed by atoms with Gasteiger partial charge in [-0.15, -0.1) is 0 Å². The Morgan fingerprint density at radius 2 is 1.81 bits per heavy atom. The predicted molar refractivity (Wildman–Crippen MR) is 83.5 cm³/mol. The van der Waals surface area contributed by atoms with E-state index in [1.54, 1.807) is 29.2 Å². The first-order valence-electron chi connectivity index (χ1n) is 7.20. The molecule has 1 aromatic carbocycles. The van der Waals surface area contributed by atoms with E-state index >= 15 is 0 Å². The summed E-state index contributed by atoms with van der Waals surface area (Å²) in [7, 11) is 1.35. The van der Waals surface area contributed by atoms with Gasteiger partial charge in [0.25, 0.3) is 5.91 Å². The minimum atomic E-state index is -0.306. The second-order valence-corrected chi connectivity index (χ2v) is 5.27. The zero-order valence-corrected chi connectivity index (χ0v) is 13.4. The minimum absolute atomic E-state index is 0.0772. The molecule has 0 aliphatic heterocycles. The van der Waals surface area contributed by atoms with E-state index in [0.717, 1.165) is 19.3 Å². The van der Waals surface area contributed by atoms with Crippen molar-refractivity contribution in [2.24, 2.45) is 0 Å². The summed E-state index contributed by atoms with van der Waals surface area (Å²) in [5.74, 6) is -0.383. The highest BCUT2D eigenvalue weighted by Crippen LogP contribution is 2.13. The Bertz CT molecular complexity index is 459. The third-order valence-corrected chi connectivity index (χ3v) is 3.48. The Balaban J connectivity index is 2.70. The van der Waals surface area contributed by atoms with Gasteiger partial charge in [0.05, 0.1) is 13.5 Å². The summed E-state index contributed by atoms with van der Waals surface area (Å²) >= 11 is 5.83. The number of unbranched alkanes of at least 4 members (excludes halogenated alkanes) is 2. The van der Waals surface area contributed by atoms with Crippen molar-refractivity contribution in [1.82, 2.24) is 4.90 Å². The van der Waals surface area contributed by atoms with Crippen LogP contribution in [0.1, 0.15) is 43.0 Å². The van der Waals surface area contributed by atoms with Crippen LogP contribution in [-0.4, -0.2) is 37.0 Å². The number of amides is 1. The van der Waals surface area contributed by atoms with Gasteiger partial charge in [0.1, 0.15) is 0 Å². The summed E-state index contributed by atoms with van der Waals surface area (Å²) in [6.45, 7) is 3.13. The van der Waals surface area contributed by atoms with Gasteiger partial charge in [0, 0.05) is 23.7 Å². The molecule has 1 aromatic rings. The van der Waals surface area contributed by atoms with E-state index in [-0.39, 0.29) is 18.3 Å². The number of hydrogen-bond donors (Lipinski definition) is 0. The Hall–Kier alpha value is -1.55. The van der Waals surface area contributed by atoms with Crippen LogP contribution in [0.5, 0.6) is 0 Å². The third-order valence-electron chi connectivity index (χ3n) is 3.22. The van der Waals surface area contributed by atoms with Crippen molar-refractivity contribution in [3.8, 4) is 0 Å². The van der Waals surface area contributed by atoms with E-state index in [1.807, 2.05) is 0 Å². The van der Waals surface area contributed by atoms with Crippen molar-refractivity contribution >= 4 is 23.5 Å². The van der Waals surface area contributed by atoms with Crippen molar-refractivity contribution in [3.05, 3.63) is 34.9 Å². The molecule has 0 fully saturated rings. The molecule has 1 amide bonds. The zero-order valence-electron chi connectivity index (χ0n) is 12.6. The SMILES string of the molecule is CCCCCN(CCC(=O)OC)C(=O)c1ccc(Cl)cc1. The molecule has 0 atom stereocenters. The largest absolute Gasteiger partial charge is 0.469 e. The number of rotatable bonds is 8. The number of hydrogen-bond acceptors (Lipinski definition) is 3.